The van der Waals surface area contributed by atoms with E-state index in [0.717, 1.165) is 27.1 Å². The van der Waals surface area contributed by atoms with E-state index in [1.807, 2.05) is 60.7 Å². The van der Waals surface area contributed by atoms with E-state index in [1.54, 1.807) is 19.2 Å². The van der Waals surface area contributed by atoms with Crippen molar-refractivity contribution in [3.05, 3.63) is 106 Å². The van der Waals surface area contributed by atoms with Gasteiger partial charge in [0, 0.05) is 27.1 Å². The highest BCUT2D eigenvalue weighted by Gasteiger charge is 2.54. The number of carboxylic acid groups (broad SMARTS) is 2. The lowest BCUT2D eigenvalue weighted by atomic mass is 10.0. The third-order valence-electron chi connectivity index (χ3n) is 7.69. The van der Waals surface area contributed by atoms with Crippen LogP contribution in [0.2, 0.25) is 0 Å². The smallest absolute Gasteiger partial charge is 0.356 e. The second-order valence-corrected chi connectivity index (χ2v) is 18.5. The van der Waals surface area contributed by atoms with Crippen molar-refractivity contribution >= 4 is 134 Å². The molecule has 0 aliphatic carbocycles. The van der Waals surface area contributed by atoms with Gasteiger partial charge in [0.25, 0.3) is 16.2 Å². The number of amides is 2. The summed E-state index contributed by atoms with van der Waals surface area (Å²) < 4.78 is 11.0. The molecule has 2 heterocycles. The molecule has 0 spiro atoms. The zero-order valence-corrected chi connectivity index (χ0v) is 37.6. The molecule has 2 amide bonds. The number of carbonyl (C=O) groups excluding carboxylic acids is 5. The molecule has 9 N–H and O–H groups in total. The summed E-state index contributed by atoms with van der Waals surface area (Å²) in [6.45, 7) is 0.00249. The van der Waals surface area contributed by atoms with E-state index in [9.17, 15) is 34.2 Å². The van der Waals surface area contributed by atoms with E-state index in [1.165, 1.54) is 51.9 Å². The predicted octanol–water partition coefficient (Wildman–Crippen LogP) is 0.0789. The zero-order chi connectivity index (χ0) is 44.5. The number of methoxy groups -OCH3 is 1. The molecule has 2 aliphatic heterocycles. The fourth-order valence-corrected chi connectivity index (χ4v) is 8.74. The Morgan fingerprint density at radius 1 is 0.883 bits per heavy atom. The number of hydrogen-bond donors (Lipinski definition) is 5. The largest absolute Gasteiger partial charge is 0.547 e. The molecule has 0 aromatic heterocycles. The van der Waals surface area contributed by atoms with Gasteiger partial charge in [-0.15, -0.1) is 11.8 Å². The molecule has 15 nitrogen and oxygen atoms in total. The number of nitrogens with two attached hydrogens (primary N) is 4. The van der Waals surface area contributed by atoms with Gasteiger partial charge < -0.3 is 34.6 Å². The van der Waals surface area contributed by atoms with Gasteiger partial charge in [-0.2, -0.15) is 0 Å². The van der Waals surface area contributed by atoms with Crippen LogP contribution in [-0.4, -0.2) is 78.9 Å². The lowest BCUT2D eigenvalue weighted by Crippen LogP contribution is -2.70. The first-order valence-corrected chi connectivity index (χ1v) is 22.6. The Labute approximate surface area is 381 Å². The molecular formula is C37H38Cl4N6O9S4. The Hall–Kier alpha value is -3.95. The first-order chi connectivity index (χ1) is 28.4. The van der Waals surface area contributed by atoms with Crippen molar-refractivity contribution in [2.75, 3.05) is 12.9 Å². The summed E-state index contributed by atoms with van der Waals surface area (Å²) in [6.07, 6.45) is 0.144. The van der Waals surface area contributed by atoms with Gasteiger partial charge in [0.1, 0.15) is 39.1 Å². The Kier molecular flexibility index (Phi) is 21.1. The van der Waals surface area contributed by atoms with Gasteiger partial charge in [0.15, 0.2) is 0 Å². The fourth-order valence-electron chi connectivity index (χ4n) is 5.00. The summed E-state index contributed by atoms with van der Waals surface area (Å²) in [5.41, 5.74) is 15.2. The molecule has 0 radical (unpaired) electrons. The minimum absolute atomic E-state index is 0.00249. The molecule has 60 heavy (non-hydrogen) atoms. The number of amidine groups is 2. The van der Waals surface area contributed by atoms with E-state index < -0.39 is 39.0 Å². The second-order valence-electron chi connectivity index (χ2n) is 12.0. The van der Waals surface area contributed by atoms with Crippen molar-refractivity contribution in [1.29, 1.82) is 0 Å². The third kappa shape index (κ3) is 16.2. The summed E-state index contributed by atoms with van der Waals surface area (Å²) >= 11 is 24.4. The SMILES string of the molecule is COc1ccc(COC(=O)C2=C(Sc3ccc(CSC(N)=[NH2+])cc3CSC(N)=[NH2+])CS[C@@H]3[C@H](NC(=O)Cc4ccccc4)C(=O)N23)cc1.O=C([O-])C(Cl)Cl.O=C([O-])C(Cl)Cl. The van der Waals surface area contributed by atoms with Gasteiger partial charge in [-0.25, -0.2) is 4.79 Å². The third-order valence-corrected chi connectivity index (χ3v) is 12.7. The van der Waals surface area contributed by atoms with Gasteiger partial charge in [-0.1, -0.05) is 113 Å². The van der Waals surface area contributed by atoms with Gasteiger partial charge in [0.05, 0.1) is 25.5 Å². The van der Waals surface area contributed by atoms with Crippen molar-refractivity contribution in [2.45, 2.75) is 50.5 Å². The molecule has 5 rings (SSSR count). The lowest BCUT2D eigenvalue weighted by Gasteiger charge is -2.49. The number of halogens is 4. The highest BCUT2D eigenvalue weighted by molar-refractivity contribution is 8.13. The predicted molar refractivity (Wildman–Crippen MR) is 233 cm³/mol. The van der Waals surface area contributed by atoms with Crippen molar-refractivity contribution in [2.24, 2.45) is 11.5 Å². The summed E-state index contributed by atoms with van der Waals surface area (Å²) in [6, 6.07) is 21.7. The van der Waals surface area contributed by atoms with Crippen LogP contribution in [-0.2, 0) is 53.2 Å². The van der Waals surface area contributed by atoms with Gasteiger partial charge in [0.2, 0.25) is 5.91 Å². The lowest BCUT2D eigenvalue weighted by molar-refractivity contribution is -0.304. The van der Waals surface area contributed by atoms with Crippen LogP contribution in [0.25, 0.3) is 0 Å². The normalized spacial score (nSPS) is 15.3. The highest BCUT2D eigenvalue weighted by Crippen LogP contribution is 2.46. The molecule has 1 saturated heterocycles. The standard InChI is InChI=1S/C33H34N6O5S4.2C2H2Cl2O2/c1-43-23-10-7-20(8-11-23)15-44-31(42)28-25(48-24-12-9-21(16-46-32(34)35)13-22(24)17-47-33(36)37)18-45-30-27(29(41)39(28)30)38-26(40)14-19-5-3-2-4-6-19;2*3-1(4)2(5)6/h2-13,27,30H,14-18H2,1H3,(H3,34,35)(H3,36,37)(H,38,40);2*1H,(H,5,6)/t27-,30-;;/m1../s1. The van der Waals surface area contributed by atoms with Crippen molar-refractivity contribution in [1.82, 2.24) is 10.2 Å². The van der Waals surface area contributed by atoms with Crippen LogP contribution in [0.1, 0.15) is 22.3 Å². The fraction of sp³-hybridized carbons (Fsp3) is 0.270. The molecule has 0 bridgehead atoms. The number of β-lactam (4-membered cyclic amide) rings is 1. The van der Waals surface area contributed by atoms with E-state index in [0.29, 0.717) is 27.9 Å². The first-order valence-electron chi connectivity index (χ1n) is 17.0. The molecule has 1 fully saturated rings. The monoisotopic (exact) mass is 978 g/mol. The van der Waals surface area contributed by atoms with Crippen LogP contribution in [0.5, 0.6) is 5.75 Å². The number of carboxylic acids is 2. The average Bonchev–Trinajstić information content (AvgIpc) is 3.21. The number of carbonyl (C=O) groups is 5. The number of alkyl halides is 4. The number of rotatable bonds is 15. The highest BCUT2D eigenvalue weighted by atomic mass is 35.5. The van der Waals surface area contributed by atoms with Crippen LogP contribution in [0, 0.1) is 0 Å². The number of thioether (sulfide) groups is 4. The maximum absolute atomic E-state index is 13.8. The molecule has 2 aliphatic rings. The van der Waals surface area contributed by atoms with Crippen LogP contribution in [0.4, 0.5) is 0 Å². The van der Waals surface area contributed by atoms with Crippen LogP contribution in [0.15, 0.2) is 88.3 Å². The number of benzene rings is 3. The van der Waals surface area contributed by atoms with E-state index in [4.69, 9.17) is 78.2 Å². The number of nitrogens with one attached hydrogen (secondary N) is 1. The molecule has 322 valence electrons. The van der Waals surface area contributed by atoms with Crippen molar-refractivity contribution in [3.8, 4) is 5.75 Å². The maximum Gasteiger partial charge on any atom is 0.356 e. The van der Waals surface area contributed by atoms with Gasteiger partial charge in [-0.05, 0) is 64.0 Å². The number of hydrogen-bond acceptors (Lipinski definition) is 13. The molecule has 23 heteroatoms. The summed E-state index contributed by atoms with van der Waals surface area (Å²) in [4.78, 5) is 59.2. The van der Waals surface area contributed by atoms with Crippen LogP contribution in [0.3, 0.4) is 0 Å². The molecular weight excluding hydrogens is 943 g/mol. The van der Waals surface area contributed by atoms with Crippen LogP contribution >= 0.6 is 93.5 Å². The van der Waals surface area contributed by atoms with Crippen molar-refractivity contribution in [3.63, 3.8) is 0 Å². The Morgan fingerprint density at radius 3 is 2.00 bits per heavy atom. The zero-order valence-electron chi connectivity index (χ0n) is 31.3. The topological polar surface area (TPSA) is 268 Å². The number of ether oxygens (including phenoxy) is 2. The summed E-state index contributed by atoms with van der Waals surface area (Å²) in [5, 5.41) is 33.0. The number of esters is 1. The van der Waals surface area contributed by atoms with Crippen LogP contribution < -0.4 is 42.6 Å². The quantitative estimate of drug-likeness (QED) is 0.0444. The first kappa shape index (κ1) is 50.4. The number of fused-ring (bicyclic) bond motifs is 1. The Morgan fingerprint density at radius 2 is 1.45 bits per heavy atom. The molecule has 0 unspecified atom stereocenters. The van der Waals surface area contributed by atoms with Crippen molar-refractivity contribution < 1.29 is 54.5 Å². The van der Waals surface area contributed by atoms with E-state index >= 15 is 0 Å². The average molecular weight is 981 g/mol. The molecule has 3 aromatic carbocycles. The Balaban J connectivity index is 0.000000700. The van der Waals surface area contributed by atoms with Gasteiger partial charge in [-0.3, -0.25) is 36.8 Å². The molecule has 2 atom stereocenters. The maximum atomic E-state index is 13.8. The molecule has 3 aromatic rings. The minimum Gasteiger partial charge on any atom is -0.547 e. The minimum atomic E-state index is -1.46. The number of aliphatic carboxylic acids is 2. The second kappa shape index (κ2) is 25.1. The Bertz CT molecular complexity index is 2050. The molecule has 0 saturated carbocycles. The van der Waals surface area contributed by atoms with E-state index in [2.05, 4.69) is 5.32 Å². The summed E-state index contributed by atoms with van der Waals surface area (Å²) in [7, 11) is 1.58. The number of nitrogens with zero attached hydrogens (tertiary/aromatic N) is 1. The summed E-state index contributed by atoms with van der Waals surface area (Å²) in [5.74, 6) is -2.01. The van der Waals surface area contributed by atoms with Gasteiger partial charge >= 0.3 is 5.97 Å². The van der Waals surface area contributed by atoms with E-state index in [-0.39, 0.29) is 40.9 Å².